The van der Waals surface area contributed by atoms with Gasteiger partial charge in [0.25, 0.3) is 0 Å². The molecule has 3 nitrogen and oxygen atoms in total. The van der Waals surface area contributed by atoms with Crippen molar-refractivity contribution in [3.05, 3.63) is 29.5 Å². The average molecular weight is 216 g/mol. The van der Waals surface area contributed by atoms with Crippen LogP contribution in [0.2, 0.25) is 0 Å². The number of methoxy groups -OCH3 is 1. The number of nitrogens with one attached hydrogen (secondary N) is 2. The molecule has 1 heterocycles. The lowest BCUT2D eigenvalue weighted by Gasteiger charge is -2.07. The van der Waals surface area contributed by atoms with Gasteiger partial charge in [0.15, 0.2) is 0 Å². The first-order chi connectivity index (χ1) is 7.83. The lowest BCUT2D eigenvalue weighted by molar-refractivity contribution is 0.419. The Bertz CT molecular complexity index is 530. The first-order valence-electron chi connectivity index (χ1n) is 5.67. The van der Waals surface area contributed by atoms with Crippen LogP contribution >= 0.6 is 0 Å². The molecule has 1 aliphatic carbocycles. The molecule has 1 unspecified atom stereocenters. The molecule has 1 atom stereocenters. The zero-order valence-electron chi connectivity index (χ0n) is 9.63. The number of aromatic nitrogens is 1. The number of H-pyrrole nitrogens is 1. The van der Waals surface area contributed by atoms with Gasteiger partial charge in [0.2, 0.25) is 0 Å². The second-order valence-electron chi connectivity index (χ2n) is 4.36. The lowest BCUT2D eigenvalue weighted by Crippen LogP contribution is -2.25. The third-order valence-electron chi connectivity index (χ3n) is 3.52. The Kier molecular flexibility index (Phi) is 2.14. The van der Waals surface area contributed by atoms with Gasteiger partial charge in [-0.2, -0.15) is 0 Å². The number of fused-ring (bicyclic) bond motifs is 3. The molecule has 1 aromatic heterocycles. The third-order valence-corrected chi connectivity index (χ3v) is 3.52. The number of benzene rings is 1. The molecule has 3 heteroatoms. The van der Waals surface area contributed by atoms with Gasteiger partial charge in [-0.1, -0.05) is 12.1 Å². The van der Waals surface area contributed by atoms with Gasteiger partial charge in [0.1, 0.15) is 5.75 Å². The molecule has 0 amide bonds. The largest absolute Gasteiger partial charge is 0.495 e. The minimum atomic E-state index is 0.580. The van der Waals surface area contributed by atoms with E-state index in [0.29, 0.717) is 6.04 Å². The van der Waals surface area contributed by atoms with E-state index in [1.54, 1.807) is 7.11 Å². The molecule has 3 rings (SSSR count). The van der Waals surface area contributed by atoms with Gasteiger partial charge in [-0.05, 0) is 25.1 Å². The van der Waals surface area contributed by atoms with Crippen LogP contribution in [-0.2, 0) is 12.8 Å². The Morgan fingerprint density at radius 3 is 3.00 bits per heavy atom. The van der Waals surface area contributed by atoms with E-state index in [9.17, 15) is 0 Å². The fourth-order valence-corrected chi connectivity index (χ4v) is 2.65. The summed E-state index contributed by atoms with van der Waals surface area (Å²) in [6, 6.07) is 6.81. The first-order valence-corrected chi connectivity index (χ1v) is 5.67. The van der Waals surface area contributed by atoms with Crippen molar-refractivity contribution >= 4 is 10.9 Å². The first kappa shape index (κ1) is 9.73. The number of likely N-dealkylation sites (N-methyl/N-ethyl adjacent to an activating group) is 1. The van der Waals surface area contributed by atoms with Gasteiger partial charge in [-0.15, -0.1) is 0 Å². The number of rotatable bonds is 2. The van der Waals surface area contributed by atoms with Gasteiger partial charge < -0.3 is 15.0 Å². The van der Waals surface area contributed by atoms with Crippen molar-refractivity contribution in [1.82, 2.24) is 10.3 Å². The smallest absolute Gasteiger partial charge is 0.142 e. The van der Waals surface area contributed by atoms with Crippen LogP contribution in [0.1, 0.15) is 11.3 Å². The molecule has 0 aliphatic heterocycles. The summed E-state index contributed by atoms with van der Waals surface area (Å²) in [6.45, 7) is 0. The number of hydrogen-bond donors (Lipinski definition) is 2. The van der Waals surface area contributed by atoms with E-state index in [1.165, 1.54) is 16.6 Å². The summed E-state index contributed by atoms with van der Waals surface area (Å²) < 4.78 is 5.37. The van der Waals surface area contributed by atoms with Crippen molar-refractivity contribution in [2.75, 3.05) is 14.2 Å². The lowest BCUT2D eigenvalue weighted by atomic mass is 10.1. The SMILES string of the molecule is CNC1Cc2[nH]c3c(OC)cccc3c2C1. The second-order valence-corrected chi connectivity index (χ2v) is 4.36. The van der Waals surface area contributed by atoms with E-state index in [4.69, 9.17) is 4.74 Å². The maximum absolute atomic E-state index is 5.37. The number of ether oxygens (including phenoxy) is 1. The monoisotopic (exact) mass is 216 g/mol. The van der Waals surface area contributed by atoms with Gasteiger partial charge in [0.05, 0.1) is 12.6 Å². The quantitative estimate of drug-likeness (QED) is 0.804. The summed E-state index contributed by atoms with van der Waals surface area (Å²) in [6.07, 6.45) is 2.20. The molecular weight excluding hydrogens is 200 g/mol. The zero-order chi connectivity index (χ0) is 11.1. The van der Waals surface area contributed by atoms with Crippen LogP contribution in [0.4, 0.5) is 0 Å². The van der Waals surface area contributed by atoms with Crippen LogP contribution < -0.4 is 10.1 Å². The molecular formula is C13H16N2O. The molecule has 0 spiro atoms. The molecule has 0 saturated carbocycles. The van der Waals surface area contributed by atoms with Crippen molar-refractivity contribution in [3.63, 3.8) is 0 Å². The molecule has 16 heavy (non-hydrogen) atoms. The fraction of sp³-hybridized carbons (Fsp3) is 0.385. The standard InChI is InChI=1S/C13H16N2O/c1-14-8-6-10-9-4-3-5-12(16-2)13(9)15-11(10)7-8/h3-5,8,14-15H,6-7H2,1-2H3. The highest BCUT2D eigenvalue weighted by Gasteiger charge is 2.24. The molecule has 2 N–H and O–H groups in total. The van der Waals surface area contributed by atoms with Crippen molar-refractivity contribution in [2.45, 2.75) is 18.9 Å². The highest BCUT2D eigenvalue weighted by atomic mass is 16.5. The van der Waals surface area contributed by atoms with E-state index in [0.717, 1.165) is 24.1 Å². The average Bonchev–Trinajstić information content (AvgIpc) is 2.85. The molecule has 1 aliphatic rings. The second kappa shape index (κ2) is 3.52. The molecule has 2 aromatic rings. The van der Waals surface area contributed by atoms with Crippen LogP contribution in [0.5, 0.6) is 5.75 Å². The van der Waals surface area contributed by atoms with E-state index in [2.05, 4.69) is 22.4 Å². The predicted molar refractivity (Wildman–Crippen MR) is 65.1 cm³/mol. The predicted octanol–water partition coefficient (Wildman–Crippen LogP) is 1.86. The normalized spacial score (nSPS) is 19.0. The minimum absolute atomic E-state index is 0.580. The Morgan fingerprint density at radius 1 is 1.38 bits per heavy atom. The number of para-hydroxylation sites is 1. The zero-order valence-corrected chi connectivity index (χ0v) is 9.63. The molecule has 0 fully saturated rings. The van der Waals surface area contributed by atoms with Gasteiger partial charge in [-0.3, -0.25) is 0 Å². The third kappa shape index (κ3) is 1.25. The highest BCUT2D eigenvalue weighted by molar-refractivity contribution is 5.90. The van der Waals surface area contributed by atoms with E-state index < -0.39 is 0 Å². The Labute approximate surface area is 94.8 Å². The maximum atomic E-state index is 5.37. The van der Waals surface area contributed by atoms with E-state index in [1.807, 2.05) is 13.1 Å². The van der Waals surface area contributed by atoms with Gasteiger partial charge in [0, 0.05) is 23.5 Å². The number of hydrogen-bond acceptors (Lipinski definition) is 2. The summed E-state index contributed by atoms with van der Waals surface area (Å²) in [7, 11) is 3.75. The van der Waals surface area contributed by atoms with Crippen LogP contribution in [0.3, 0.4) is 0 Å². The van der Waals surface area contributed by atoms with Crippen LogP contribution in [0.15, 0.2) is 18.2 Å². The molecule has 84 valence electrons. The van der Waals surface area contributed by atoms with Gasteiger partial charge in [-0.25, -0.2) is 0 Å². The Hall–Kier alpha value is -1.48. The van der Waals surface area contributed by atoms with Crippen molar-refractivity contribution in [3.8, 4) is 5.75 Å². The fourth-order valence-electron chi connectivity index (χ4n) is 2.65. The Balaban J connectivity index is 2.16. The maximum Gasteiger partial charge on any atom is 0.142 e. The highest BCUT2D eigenvalue weighted by Crippen LogP contribution is 2.34. The van der Waals surface area contributed by atoms with Crippen LogP contribution in [0.25, 0.3) is 10.9 Å². The summed E-state index contributed by atoms with van der Waals surface area (Å²) in [4.78, 5) is 3.49. The summed E-state index contributed by atoms with van der Waals surface area (Å²) in [5.41, 5.74) is 3.96. The van der Waals surface area contributed by atoms with Crippen LogP contribution in [0, 0.1) is 0 Å². The van der Waals surface area contributed by atoms with Crippen molar-refractivity contribution in [1.29, 1.82) is 0 Å². The molecule has 0 saturated heterocycles. The van der Waals surface area contributed by atoms with Crippen molar-refractivity contribution in [2.24, 2.45) is 0 Å². The Morgan fingerprint density at radius 2 is 2.25 bits per heavy atom. The summed E-state index contributed by atoms with van der Waals surface area (Å²) in [5.74, 6) is 0.938. The molecule has 0 radical (unpaired) electrons. The van der Waals surface area contributed by atoms with Crippen molar-refractivity contribution < 1.29 is 4.74 Å². The summed E-state index contributed by atoms with van der Waals surface area (Å²) >= 11 is 0. The van der Waals surface area contributed by atoms with E-state index >= 15 is 0 Å². The summed E-state index contributed by atoms with van der Waals surface area (Å²) in [5, 5.41) is 4.65. The van der Waals surface area contributed by atoms with Gasteiger partial charge >= 0.3 is 0 Å². The van der Waals surface area contributed by atoms with E-state index in [-0.39, 0.29) is 0 Å². The molecule has 0 bridgehead atoms. The topological polar surface area (TPSA) is 37.0 Å². The molecule has 1 aromatic carbocycles. The number of aromatic amines is 1. The minimum Gasteiger partial charge on any atom is -0.495 e. The van der Waals surface area contributed by atoms with Crippen LogP contribution in [-0.4, -0.2) is 25.2 Å².